The number of carbonyl (C=O) groups excluding carboxylic acids is 2. The van der Waals surface area contributed by atoms with Crippen LogP contribution < -0.4 is 9.47 Å². The minimum atomic E-state index is -0.597. The number of methoxy groups -OCH3 is 1. The number of amides is 2. The van der Waals surface area contributed by atoms with Crippen molar-refractivity contribution in [2.75, 3.05) is 13.7 Å². The van der Waals surface area contributed by atoms with Crippen LogP contribution in [0.2, 0.25) is 0 Å². The van der Waals surface area contributed by atoms with Gasteiger partial charge in [0.05, 0.1) is 35.1 Å². The molecule has 0 bridgehead atoms. The van der Waals surface area contributed by atoms with Crippen LogP contribution in [0.1, 0.15) is 11.1 Å². The third-order valence-electron chi connectivity index (χ3n) is 4.16. The van der Waals surface area contributed by atoms with Crippen molar-refractivity contribution < 1.29 is 24.0 Å². The summed E-state index contributed by atoms with van der Waals surface area (Å²) in [5.41, 5.74) is 0.700. The zero-order chi connectivity index (χ0) is 21.7. The number of benzene rings is 2. The molecule has 9 heteroatoms. The molecule has 2 aromatic carbocycles. The van der Waals surface area contributed by atoms with Crippen LogP contribution in [-0.4, -0.2) is 34.6 Å². The van der Waals surface area contributed by atoms with E-state index in [1.54, 1.807) is 0 Å². The minimum Gasteiger partial charge on any atom is -0.493 e. The normalized spacial score (nSPS) is 14.7. The fourth-order valence-electron chi connectivity index (χ4n) is 2.72. The Bertz CT molecular complexity index is 1070. The molecule has 0 radical (unpaired) electrons. The summed E-state index contributed by atoms with van der Waals surface area (Å²) >= 11 is 0.671. The van der Waals surface area contributed by atoms with E-state index in [0.29, 0.717) is 11.8 Å². The predicted molar refractivity (Wildman–Crippen MR) is 112 cm³/mol. The fourth-order valence-corrected chi connectivity index (χ4v) is 3.54. The van der Waals surface area contributed by atoms with Crippen LogP contribution in [0, 0.1) is 22.5 Å². The highest BCUT2D eigenvalue weighted by atomic mass is 32.2. The molecule has 1 saturated heterocycles. The number of hydrogen-bond acceptors (Lipinski definition) is 7. The molecule has 152 valence electrons. The summed E-state index contributed by atoms with van der Waals surface area (Å²) in [7, 11) is 1.40. The lowest BCUT2D eigenvalue weighted by atomic mass is 10.1. The van der Waals surface area contributed by atoms with Crippen LogP contribution in [0.15, 0.2) is 47.4 Å². The van der Waals surface area contributed by atoms with Gasteiger partial charge in [-0.15, -0.1) is 6.42 Å². The van der Waals surface area contributed by atoms with Crippen molar-refractivity contribution in [3.63, 3.8) is 0 Å². The number of nitro groups is 1. The van der Waals surface area contributed by atoms with Gasteiger partial charge in [-0.3, -0.25) is 24.6 Å². The Hall–Kier alpha value is -3.77. The van der Waals surface area contributed by atoms with Gasteiger partial charge in [0.15, 0.2) is 11.5 Å². The molecule has 1 aliphatic rings. The number of nitro benzene ring substituents is 1. The highest BCUT2D eigenvalue weighted by molar-refractivity contribution is 8.18. The van der Waals surface area contributed by atoms with E-state index in [4.69, 9.17) is 15.9 Å². The van der Waals surface area contributed by atoms with E-state index in [1.807, 2.05) is 30.3 Å². The molecular weight excluding hydrogens is 408 g/mol. The summed E-state index contributed by atoms with van der Waals surface area (Å²) in [4.78, 5) is 36.3. The number of rotatable bonds is 7. The van der Waals surface area contributed by atoms with Gasteiger partial charge in [-0.05, 0) is 29.5 Å². The van der Waals surface area contributed by atoms with Gasteiger partial charge in [0.25, 0.3) is 16.8 Å². The molecule has 2 aromatic rings. The van der Waals surface area contributed by atoms with Gasteiger partial charge in [0, 0.05) is 0 Å². The molecule has 0 aromatic heterocycles. The van der Waals surface area contributed by atoms with E-state index in [1.165, 1.54) is 25.3 Å². The SMILES string of the molecule is C#CCN1C(=O)S/C(=C/c2cc(OC)c(OCc3ccccc3)cc2[N+](=O)[O-])C1=O. The van der Waals surface area contributed by atoms with Crippen LogP contribution in [0.25, 0.3) is 6.08 Å². The second-order valence-electron chi connectivity index (χ2n) is 6.07. The Kier molecular flexibility index (Phi) is 6.39. The van der Waals surface area contributed by atoms with Gasteiger partial charge in [0.2, 0.25) is 0 Å². The fraction of sp³-hybridized carbons (Fsp3) is 0.143. The molecule has 8 nitrogen and oxygen atoms in total. The Morgan fingerprint density at radius 1 is 1.23 bits per heavy atom. The maximum atomic E-state index is 12.4. The maximum Gasteiger partial charge on any atom is 0.294 e. The quantitative estimate of drug-likeness (QED) is 0.288. The number of ether oxygens (including phenoxy) is 2. The summed E-state index contributed by atoms with van der Waals surface area (Å²) in [6, 6.07) is 11.9. The van der Waals surface area contributed by atoms with Gasteiger partial charge in [-0.1, -0.05) is 36.3 Å². The first-order valence-corrected chi connectivity index (χ1v) is 9.48. The smallest absolute Gasteiger partial charge is 0.294 e. The number of nitrogens with zero attached hydrogens (tertiary/aromatic N) is 2. The van der Waals surface area contributed by atoms with Crippen molar-refractivity contribution >= 4 is 34.7 Å². The molecule has 1 heterocycles. The van der Waals surface area contributed by atoms with E-state index in [2.05, 4.69) is 5.92 Å². The first-order valence-electron chi connectivity index (χ1n) is 8.66. The van der Waals surface area contributed by atoms with Gasteiger partial charge in [0.1, 0.15) is 6.61 Å². The molecule has 0 unspecified atom stereocenters. The molecule has 0 spiro atoms. The standard InChI is InChI=1S/C21H16N2O6S/c1-3-9-22-20(24)19(30-21(22)25)11-15-10-17(28-2)18(12-16(15)23(26)27)29-13-14-7-5-4-6-8-14/h1,4-8,10-12H,9,13H2,2H3/b19-11+. The zero-order valence-electron chi connectivity index (χ0n) is 15.9. The third kappa shape index (κ3) is 4.45. The molecule has 0 saturated carbocycles. The first-order chi connectivity index (χ1) is 14.4. The Labute approximate surface area is 176 Å². The highest BCUT2D eigenvalue weighted by Gasteiger charge is 2.35. The van der Waals surface area contributed by atoms with Crippen LogP contribution in [0.4, 0.5) is 10.5 Å². The monoisotopic (exact) mass is 424 g/mol. The van der Waals surface area contributed by atoms with Crippen molar-refractivity contribution in [1.29, 1.82) is 0 Å². The van der Waals surface area contributed by atoms with Crippen LogP contribution >= 0.6 is 11.8 Å². The van der Waals surface area contributed by atoms with Crippen molar-refractivity contribution in [3.05, 3.63) is 68.6 Å². The van der Waals surface area contributed by atoms with Crippen molar-refractivity contribution in [3.8, 4) is 23.8 Å². The summed E-state index contributed by atoms with van der Waals surface area (Å²) in [5, 5.41) is 11.1. The van der Waals surface area contributed by atoms with E-state index < -0.39 is 16.1 Å². The lowest BCUT2D eigenvalue weighted by molar-refractivity contribution is -0.385. The topological polar surface area (TPSA) is 99.0 Å². The van der Waals surface area contributed by atoms with Crippen molar-refractivity contribution in [2.24, 2.45) is 0 Å². The van der Waals surface area contributed by atoms with E-state index in [0.717, 1.165) is 10.5 Å². The maximum absolute atomic E-state index is 12.4. The average Bonchev–Trinajstić information content (AvgIpc) is 3.00. The number of terminal acetylenes is 1. The summed E-state index contributed by atoms with van der Waals surface area (Å²) < 4.78 is 11.0. The summed E-state index contributed by atoms with van der Waals surface area (Å²) in [5.74, 6) is 2.08. The molecule has 1 fully saturated rings. The van der Waals surface area contributed by atoms with Crippen molar-refractivity contribution in [2.45, 2.75) is 6.61 Å². The van der Waals surface area contributed by atoms with Gasteiger partial charge >= 0.3 is 0 Å². The Morgan fingerprint density at radius 2 is 1.97 bits per heavy atom. The van der Waals surface area contributed by atoms with E-state index >= 15 is 0 Å². The molecule has 30 heavy (non-hydrogen) atoms. The molecule has 0 aliphatic carbocycles. The third-order valence-corrected chi connectivity index (χ3v) is 5.06. The van der Waals surface area contributed by atoms with Gasteiger partial charge < -0.3 is 9.47 Å². The Morgan fingerprint density at radius 3 is 2.60 bits per heavy atom. The van der Waals surface area contributed by atoms with Crippen molar-refractivity contribution in [1.82, 2.24) is 4.90 Å². The van der Waals surface area contributed by atoms with Gasteiger partial charge in [-0.25, -0.2) is 0 Å². The molecular formula is C21H16N2O6S. The molecule has 0 atom stereocenters. The molecule has 2 amide bonds. The average molecular weight is 424 g/mol. The van der Waals surface area contributed by atoms with Crippen LogP contribution in [0.5, 0.6) is 11.5 Å². The van der Waals surface area contributed by atoms with E-state index in [-0.39, 0.29) is 40.8 Å². The molecule has 1 aliphatic heterocycles. The van der Waals surface area contributed by atoms with Gasteiger partial charge in [-0.2, -0.15) is 0 Å². The highest BCUT2D eigenvalue weighted by Crippen LogP contribution is 2.39. The minimum absolute atomic E-state index is 0.0401. The predicted octanol–water partition coefficient (Wildman–Crippen LogP) is 3.85. The number of thioether (sulfide) groups is 1. The number of imide groups is 1. The number of carbonyl (C=O) groups is 2. The summed E-state index contributed by atoms with van der Waals surface area (Å²) in [6.07, 6.45) is 6.46. The van der Waals surface area contributed by atoms with Crippen LogP contribution in [0.3, 0.4) is 0 Å². The second-order valence-corrected chi connectivity index (χ2v) is 7.06. The van der Waals surface area contributed by atoms with Crippen LogP contribution in [-0.2, 0) is 11.4 Å². The largest absolute Gasteiger partial charge is 0.493 e. The number of hydrogen-bond donors (Lipinski definition) is 0. The lowest BCUT2D eigenvalue weighted by Gasteiger charge is -2.12. The molecule has 3 rings (SSSR count). The summed E-state index contributed by atoms with van der Waals surface area (Å²) in [6.45, 7) is 0.0262. The first kappa shape index (κ1) is 21.0. The Balaban J connectivity index is 1.95. The zero-order valence-corrected chi connectivity index (χ0v) is 16.7. The second kappa shape index (κ2) is 9.15. The molecule has 0 N–H and O–H groups in total. The van der Waals surface area contributed by atoms with E-state index in [9.17, 15) is 19.7 Å². The lowest BCUT2D eigenvalue weighted by Crippen LogP contribution is -2.28.